The van der Waals surface area contributed by atoms with Crippen molar-refractivity contribution in [3.05, 3.63) is 10.6 Å². The molecule has 2 aliphatic rings. The predicted octanol–water partition coefficient (Wildman–Crippen LogP) is 3.21. The summed E-state index contributed by atoms with van der Waals surface area (Å²) in [5.41, 5.74) is 0.0380. The van der Waals surface area contributed by atoms with Crippen molar-refractivity contribution in [2.75, 3.05) is 0 Å². The normalized spacial score (nSPS) is 32.8. The standard InChI is InChI=1S/C12H19N3S/c1-12(2,3)15-10(13-14-11(15)16)9-7-5-4-6-8(7)9/h7-9H,4-6H2,1-3H3,(H,14,16). The van der Waals surface area contributed by atoms with Crippen molar-refractivity contribution in [3.63, 3.8) is 0 Å². The number of H-pyrrole nitrogens is 1. The van der Waals surface area contributed by atoms with Gasteiger partial charge in [-0.25, -0.2) is 0 Å². The van der Waals surface area contributed by atoms with E-state index in [0.29, 0.717) is 5.92 Å². The Morgan fingerprint density at radius 2 is 1.94 bits per heavy atom. The molecule has 0 amide bonds. The first-order valence-corrected chi connectivity index (χ1v) is 6.59. The third-order valence-corrected chi connectivity index (χ3v) is 4.35. The zero-order valence-electron chi connectivity index (χ0n) is 10.2. The maximum atomic E-state index is 5.34. The van der Waals surface area contributed by atoms with Gasteiger partial charge in [-0.05, 0) is 57.7 Å². The van der Waals surface area contributed by atoms with Crippen LogP contribution in [0.15, 0.2) is 0 Å². The van der Waals surface area contributed by atoms with Gasteiger partial charge in [-0.1, -0.05) is 6.42 Å². The molecule has 2 unspecified atom stereocenters. The van der Waals surface area contributed by atoms with Gasteiger partial charge in [0.25, 0.3) is 0 Å². The third-order valence-electron chi connectivity index (χ3n) is 4.07. The molecule has 0 saturated heterocycles. The topological polar surface area (TPSA) is 33.6 Å². The quantitative estimate of drug-likeness (QED) is 0.761. The van der Waals surface area contributed by atoms with E-state index >= 15 is 0 Å². The summed E-state index contributed by atoms with van der Waals surface area (Å²) in [5.74, 6) is 3.67. The lowest BCUT2D eigenvalue weighted by Gasteiger charge is -2.23. The van der Waals surface area contributed by atoms with Gasteiger partial charge in [0.05, 0.1) is 0 Å². The van der Waals surface area contributed by atoms with Gasteiger partial charge in [-0.2, -0.15) is 5.10 Å². The van der Waals surface area contributed by atoms with E-state index in [-0.39, 0.29) is 5.54 Å². The average Bonchev–Trinajstić information content (AvgIpc) is 2.62. The Morgan fingerprint density at radius 3 is 2.50 bits per heavy atom. The van der Waals surface area contributed by atoms with Crippen LogP contribution in [0.2, 0.25) is 0 Å². The summed E-state index contributed by atoms with van der Waals surface area (Å²) in [7, 11) is 0. The third kappa shape index (κ3) is 1.39. The molecule has 1 N–H and O–H groups in total. The van der Waals surface area contributed by atoms with Crippen LogP contribution in [0.25, 0.3) is 0 Å². The van der Waals surface area contributed by atoms with Crippen LogP contribution in [0, 0.1) is 16.6 Å². The second kappa shape index (κ2) is 3.19. The second-order valence-corrected chi connectivity index (χ2v) is 6.56. The summed E-state index contributed by atoms with van der Waals surface area (Å²) >= 11 is 5.34. The average molecular weight is 237 g/mol. The van der Waals surface area contributed by atoms with Crippen molar-refractivity contribution >= 4 is 12.2 Å². The van der Waals surface area contributed by atoms with Crippen LogP contribution in [0.5, 0.6) is 0 Å². The van der Waals surface area contributed by atoms with Crippen LogP contribution in [0.3, 0.4) is 0 Å². The number of nitrogens with one attached hydrogen (secondary N) is 1. The van der Waals surface area contributed by atoms with Crippen LogP contribution in [0.4, 0.5) is 0 Å². The fourth-order valence-corrected chi connectivity index (χ4v) is 3.80. The lowest BCUT2D eigenvalue weighted by Crippen LogP contribution is -2.24. The first-order valence-electron chi connectivity index (χ1n) is 6.18. The molecule has 2 aliphatic carbocycles. The fourth-order valence-electron chi connectivity index (χ4n) is 3.39. The molecule has 16 heavy (non-hydrogen) atoms. The van der Waals surface area contributed by atoms with Crippen molar-refractivity contribution < 1.29 is 0 Å². The van der Waals surface area contributed by atoms with Gasteiger partial charge in [-0.15, -0.1) is 0 Å². The molecule has 2 atom stereocenters. The summed E-state index contributed by atoms with van der Waals surface area (Å²) in [6.07, 6.45) is 4.19. The molecule has 1 aromatic heterocycles. The van der Waals surface area contributed by atoms with Crippen molar-refractivity contribution in [2.24, 2.45) is 11.8 Å². The summed E-state index contributed by atoms with van der Waals surface area (Å²) in [4.78, 5) is 0. The molecule has 2 fully saturated rings. The Labute approximate surface area is 101 Å². The minimum atomic E-state index is 0.0380. The highest BCUT2D eigenvalue weighted by molar-refractivity contribution is 7.71. The van der Waals surface area contributed by atoms with Crippen molar-refractivity contribution in [1.29, 1.82) is 0 Å². The molecule has 0 radical (unpaired) electrons. The van der Waals surface area contributed by atoms with Gasteiger partial charge >= 0.3 is 0 Å². The molecule has 1 aromatic rings. The monoisotopic (exact) mass is 237 g/mol. The first kappa shape index (κ1) is 10.5. The number of aromatic amines is 1. The van der Waals surface area contributed by atoms with E-state index in [0.717, 1.165) is 16.6 Å². The molecule has 0 aliphatic heterocycles. The smallest absolute Gasteiger partial charge is 0.195 e. The second-order valence-electron chi connectivity index (χ2n) is 6.18. The molecular weight excluding hydrogens is 218 g/mol. The maximum Gasteiger partial charge on any atom is 0.195 e. The van der Waals surface area contributed by atoms with E-state index in [2.05, 4.69) is 35.5 Å². The van der Waals surface area contributed by atoms with Gasteiger partial charge in [0.1, 0.15) is 5.82 Å². The van der Waals surface area contributed by atoms with Crippen LogP contribution < -0.4 is 0 Å². The Balaban J connectivity index is 2.00. The molecule has 0 aromatic carbocycles. The summed E-state index contributed by atoms with van der Waals surface area (Å²) in [6, 6.07) is 0. The van der Waals surface area contributed by atoms with Gasteiger partial charge < -0.3 is 0 Å². The van der Waals surface area contributed by atoms with Crippen LogP contribution in [-0.4, -0.2) is 14.8 Å². The zero-order valence-corrected chi connectivity index (χ0v) is 11.0. The molecule has 3 nitrogen and oxygen atoms in total. The molecule has 2 saturated carbocycles. The first-order chi connectivity index (χ1) is 7.50. The van der Waals surface area contributed by atoms with E-state index in [9.17, 15) is 0 Å². The Hall–Kier alpha value is -0.640. The largest absolute Gasteiger partial charge is 0.299 e. The number of hydrogen-bond acceptors (Lipinski definition) is 2. The Morgan fingerprint density at radius 1 is 1.31 bits per heavy atom. The van der Waals surface area contributed by atoms with Crippen LogP contribution in [0.1, 0.15) is 51.8 Å². The van der Waals surface area contributed by atoms with Crippen LogP contribution >= 0.6 is 12.2 Å². The van der Waals surface area contributed by atoms with Crippen molar-refractivity contribution in [1.82, 2.24) is 14.8 Å². The van der Waals surface area contributed by atoms with E-state index < -0.39 is 0 Å². The Kier molecular flexibility index (Phi) is 2.09. The highest BCUT2D eigenvalue weighted by Gasteiger charge is 2.55. The molecule has 0 spiro atoms. The minimum Gasteiger partial charge on any atom is -0.299 e. The van der Waals surface area contributed by atoms with Gasteiger partial charge in [0, 0.05) is 11.5 Å². The van der Waals surface area contributed by atoms with Crippen LogP contribution in [-0.2, 0) is 5.54 Å². The lowest BCUT2D eigenvalue weighted by molar-refractivity contribution is 0.373. The highest BCUT2D eigenvalue weighted by atomic mass is 32.1. The van der Waals surface area contributed by atoms with Gasteiger partial charge in [-0.3, -0.25) is 9.67 Å². The fraction of sp³-hybridized carbons (Fsp3) is 0.833. The predicted molar refractivity (Wildman–Crippen MR) is 66.0 cm³/mol. The molecule has 1 heterocycles. The minimum absolute atomic E-state index is 0.0380. The van der Waals surface area contributed by atoms with Gasteiger partial charge in [0.2, 0.25) is 0 Å². The zero-order chi connectivity index (χ0) is 11.5. The number of nitrogens with zero attached hydrogens (tertiary/aromatic N) is 2. The molecule has 0 bridgehead atoms. The highest BCUT2D eigenvalue weighted by Crippen LogP contribution is 2.62. The molecular formula is C12H19N3S. The molecule has 88 valence electrons. The number of fused-ring (bicyclic) bond motifs is 1. The van der Waals surface area contributed by atoms with E-state index in [4.69, 9.17) is 12.2 Å². The lowest BCUT2D eigenvalue weighted by atomic mass is 10.1. The van der Waals surface area contributed by atoms with Crippen molar-refractivity contribution in [3.8, 4) is 0 Å². The van der Waals surface area contributed by atoms with Gasteiger partial charge in [0.15, 0.2) is 4.77 Å². The van der Waals surface area contributed by atoms with E-state index in [1.54, 1.807) is 0 Å². The number of hydrogen-bond donors (Lipinski definition) is 1. The SMILES string of the molecule is CC(C)(C)n1c(C2C3CCCC32)n[nH]c1=S. The number of aromatic nitrogens is 3. The van der Waals surface area contributed by atoms with Crippen molar-refractivity contribution in [2.45, 2.75) is 51.5 Å². The summed E-state index contributed by atoms with van der Waals surface area (Å²) in [5, 5.41) is 7.44. The molecule has 3 rings (SSSR count). The number of rotatable bonds is 1. The summed E-state index contributed by atoms with van der Waals surface area (Å²) < 4.78 is 2.98. The summed E-state index contributed by atoms with van der Waals surface area (Å²) in [6.45, 7) is 6.58. The molecule has 4 heteroatoms. The van der Waals surface area contributed by atoms with E-state index in [1.807, 2.05) is 0 Å². The Bertz CT molecular complexity index is 455. The maximum absolute atomic E-state index is 5.34. The van der Waals surface area contributed by atoms with E-state index in [1.165, 1.54) is 25.1 Å².